The van der Waals surface area contributed by atoms with Gasteiger partial charge in [-0.05, 0) is 38.8 Å². The summed E-state index contributed by atoms with van der Waals surface area (Å²) in [6.45, 7) is 10.6. The zero-order valence-electron chi connectivity index (χ0n) is 19.0. The zero-order chi connectivity index (χ0) is 22.7. The predicted octanol–water partition coefficient (Wildman–Crippen LogP) is 2.45. The second kappa shape index (κ2) is 10.1. The standard InChI is InChI=1S/C12H18N4.C11H17ClN4/c13-10-3-4-14-12(9-10)16-7-5-15(6-8-16)11-1-2-11;1-7-5-16(6-8(2)15-7)11-10(12)3-9(13)4-14-11/h3-4,9,11H,1-2,5-8H2,(H2,13,14);3-4,7-8,15H,5-6,13H2,1-2H3/t;7-,8+. The summed E-state index contributed by atoms with van der Waals surface area (Å²) in [5.74, 6) is 1.85. The third-order valence-electron chi connectivity index (χ3n) is 6.17. The average molecular weight is 459 g/mol. The lowest BCUT2D eigenvalue weighted by Gasteiger charge is -2.37. The number of nitrogens with one attached hydrogen (secondary N) is 1. The van der Waals surface area contributed by atoms with Crippen molar-refractivity contribution in [2.24, 2.45) is 0 Å². The summed E-state index contributed by atoms with van der Waals surface area (Å²) in [4.78, 5) is 15.8. The van der Waals surface area contributed by atoms with Crippen molar-refractivity contribution in [3.05, 3.63) is 35.6 Å². The van der Waals surface area contributed by atoms with Crippen LogP contribution in [0.2, 0.25) is 5.02 Å². The van der Waals surface area contributed by atoms with Crippen molar-refractivity contribution in [1.29, 1.82) is 0 Å². The molecule has 5 N–H and O–H groups in total. The molecule has 0 aromatic carbocycles. The summed E-state index contributed by atoms with van der Waals surface area (Å²) in [7, 11) is 0. The Labute approximate surface area is 195 Å². The Bertz CT molecular complexity index is 887. The number of nitrogens with two attached hydrogens (primary N) is 2. The SMILES string of the molecule is C[C@@H]1CN(c2ncc(N)cc2Cl)C[C@H](C)N1.Nc1ccnc(N2CCN(C3CC3)CC2)c1. The van der Waals surface area contributed by atoms with Gasteiger partial charge in [-0.25, -0.2) is 9.97 Å². The third-order valence-corrected chi connectivity index (χ3v) is 6.45. The highest BCUT2D eigenvalue weighted by Gasteiger charge is 2.31. The van der Waals surface area contributed by atoms with Crippen LogP contribution in [0.4, 0.5) is 23.0 Å². The van der Waals surface area contributed by atoms with E-state index in [0.29, 0.717) is 22.8 Å². The zero-order valence-corrected chi connectivity index (χ0v) is 19.8. The van der Waals surface area contributed by atoms with Gasteiger partial charge in [0.2, 0.25) is 0 Å². The Hall–Kier alpha value is -2.29. The maximum atomic E-state index is 6.15. The molecule has 5 rings (SSSR count). The van der Waals surface area contributed by atoms with Gasteiger partial charge in [0, 0.05) is 75.3 Å². The van der Waals surface area contributed by atoms with Crippen LogP contribution in [0.25, 0.3) is 0 Å². The molecule has 0 spiro atoms. The number of hydrogen-bond donors (Lipinski definition) is 3. The number of anilines is 4. The van der Waals surface area contributed by atoms with E-state index in [-0.39, 0.29) is 0 Å². The van der Waals surface area contributed by atoms with E-state index in [9.17, 15) is 0 Å². The predicted molar refractivity (Wildman–Crippen MR) is 133 cm³/mol. The van der Waals surface area contributed by atoms with E-state index in [0.717, 1.165) is 49.5 Å². The van der Waals surface area contributed by atoms with Crippen molar-refractivity contribution >= 4 is 34.6 Å². The highest BCUT2D eigenvalue weighted by molar-refractivity contribution is 6.33. The minimum atomic E-state index is 0.444. The highest BCUT2D eigenvalue weighted by Crippen LogP contribution is 2.28. The van der Waals surface area contributed by atoms with E-state index in [2.05, 4.69) is 43.8 Å². The van der Waals surface area contributed by atoms with Gasteiger partial charge in [0.15, 0.2) is 0 Å². The average Bonchev–Trinajstić information content (AvgIpc) is 3.59. The molecule has 2 aromatic heterocycles. The fourth-order valence-corrected chi connectivity index (χ4v) is 4.84. The van der Waals surface area contributed by atoms with Gasteiger partial charge in [-0.15, -0.1) is 0 Å². The van der Waals surface area contributed by atoms with E-state index in [4.69, 9.17) is 23.1 Å². The van der Waals surface area contributed by atoms with Gasteiger partial charge in [-0.3, -0.25) is 4.90 Å². The maximum Gasteiger partial charge on any atom is 0.147 e. The van der Waals surface area contributed by atoms with Crippen molar-refractivity contribution in [3.8, 4) is 0 Å². The Balaban J connectivity index is 0.000000153. The summed E-state index contributed by atoms with van der Waals surface area (Å²) in [6, 6.07) is 7.33. The molecule has 1 saturated carbocycles. The van der Waals surface area contributed by atoms with Gasteiger partial charge in [0.25, 0.3) is 0 Å². The van der Waals surface area contributed by atoms with Crippen molar-refractivity contribution in [2.45, 2.75) is 44.8 Å². The molecule has 0 radical (unpaired) electrons. The van der Waals surface area contributed by atoms with E-state index < -0.39 is 0 Å². The fraction of sp³-hybridized carbons (Fsp3) is 0.565. The van der Waals surface area contributed by atoms with Crippen LogP contribution < -0.4 is 26.6 Å². The van der Waals surface area contributed by atoms with Gasteiger partial charge in [-0.1, -0.05) is 11.6 Å². The van der Waals surface area contributed by atoms with Crippen LogP contribution in [0.3, 0.4) is 0 Å². The first-order chi connectivity index (χ1) is 15.4. The summed E-state index contributed by atoms with van der Waals surface area (Å²) >= 11 is 6.15. The van der Waals surface area contributed by atoms with Gasteiger partial charge < -0.3 is 26.6 Å². The Morgan fingerprint density at radius 2 is 1.62 bits per heavy atom. The molecule has 1 aliphatic carbocycles. The Morgan fingerprint density at radius 3 is 2.22 bits per heavy atom. The first-order valence-electron chi connectivity index (χ1n) is 11.5. The molecule has 3 aliphatic rings. The van der Waals surface area contributed by atoms with Gasteiger partial charge in [0.05, 0.1) is 16.9 Å². The molecule has 4 heterocycles. The van der Waals surface area contributed by atoms with Crippen molar-refractivity contribution in [3.63, 3.8) is 0 Å². The smallest absolute Gasteiger partial charge is 0.147 e. The molecule has 9 heteroatoms. The molecule has 2 saturated heterocycles. The van der Waals surface area contributed by atoms with Crippen LogP contribution >= 0.6 is 11.6 Å². The maximum absolute atomic E-state index is 6.15. The number of aromatic nitrogens is 2. The van der Waals surface area contributed by atoms with Gasteiger partial charge >= 0.3 is 0 Å². The molecular formula is C23H35ClN8. The van der Waals surface area contributed by atoms with Gasteiger partial charge in [-0.2, -0.15) is 0 Å². The van der Waals surface area contributed by atoms with Crippen LogP contribution in [0.1, 0.15) is 26.7 Å². The first-order valence-corrected chi connectivity index (χ1v) is 11.9. The minimum Gasteiger partial charge on any atom is -0.399 e. The number of hydrogen-bond acceptors (Lipinski definition) is 8. The van der Waals surface area contributed by atoms with Crippen LogP contribution in [0.5, 0.6) is 0 Å². The number of nitrogen functional groups attached to an aromatic ring is 2. The van der Waals surface area contributed by atoms with Crippen LogP contribution in [-0.4, -0.2) is 72.3 Å². The molecule has 0 amide bonds. The van der Waals surface area contributed by atoms with Crippen LogP contribution in [0, 0.1) is 0 Å². The fourth-order valence-electron chi connectivity index (χ4n) is 4.54. The Morgan fingerprint density at radius 1 is 0.938 bits per heavy atom. The minimum absolute atomic E-state index is 0.444. The van der Waals surface area contributed by atoms with E-state index in [1.807, 2.05) is 12.1 Å². The molecule has 2 atom stereocenters. The summed E-state index contributed by atoms with van der Waals surface area (Å²) < 4.78 is 0. The first kappa shape index (κ1) is 22.9. The topological polar surface area (TPSA) is 99.6 Å². The normalized spacial score (nSPS) is 24.1. The van der Waals surface area contributed by atoms with Crippen LogP contribution in [-0.2, 0) is 0 Å². The molecule has 32 heavy (non-hydrogen) atoms. The quantitative estimate of drug-likeness (QED) is 0.645. The molecule has 2 aliphatic heterocycles. The summed E-state index contributed by atoms with van der Waals surface area (Å²) in [5, 5.41) is 4.10. The van der Waals surface area contributed by atoms with Crippen LogP contribution in [0.15, 0.2) is 30.6 Å². The molecule has 8 nitrogen and oxygen atoms in total. The van der Waals surface area contributed by atoms with Crippen molar-refractivity contribution < 1.29 is 0 Å². The largest absolute Gasteiger partial charge is 0.399 e. The molecule has 3 fully saturated rings. The molecular weight excluding hydrogens is 424 g/mol. The Kier molecular flexibility index (Phi) is 7.23. The number of piperazine rings is 2. The lowest BCUT2D eigenvalue weighted by molar-refractivity contribution is 0.247. The highest BCUT2D eigenvalue weighted by atomic mass is 35.5. The molecule has 0 bridgehead atoms. The summed E-state index contributed by atoms with van der Waals surface area (Å²) in [5.41, 5.74) is 12.8. The van der Waals surface area contributed by atoms with Crippen molar-refractivity contribution in [1.82, 2.24) is 20.2 Å². The number of pyridine rings is 2. The second-order valence-corrected chi connectivity index (χ2v) is 9.56. The molecule has 2 aromatic rings. The van der Waals surface area contributed by atoms with E-state index in [1.165, 1.54) is 25.9 Å². The number of halogens is 1. The van der Waals surface area contributed by atoms with E-state index >= 15 is 0 Å². The van der Waals surface area contributed by atoms with Gasteiger partial charge in [0.1, 0.15) is 11.6 Å². The monoisotopic (exact) mass is 458 g/mol. The number of rotatable bonds is 3. The molecule has 0 unspecified atom stereocenters. The lowest BCUT2D eigenvalue weighted by Crippen LogP contribution is -2.54. The third kappa shape index (κ3) is 5.94. The summed E-state index contributed by atoms with van der Waals surface area (Å²) in [6.07, 6.45) is 6.24. The molecule has 174 valence electrons. The second-order valence-electron chi connectivity index (χ2n) is 9.15. The van der Waals surface area contributed by atoms with Crippen molar-refractivity contribution in [2.75, 3.05) is 60.5 Å². The number of nitrogens with zero attached hydrogens (tertiary/aromatic N) is 5. The van der Waals surface area contributed by atoms with E-state index in [1.54, 1.807) is 18.5 Å². The lowest BCUT2D eigenvalue weighted by atomic mass is 10.1.